The van der Waals surface area contributed by atoms with Crippen LogP contribution in [0.1, 0.15) is 16.9 Å². The molecule has 0 radical (unpaired) electrons. The topological polar surface area (TPSA) is 63.1 Å². The van der Waals surface area contributed by atoms with Gasteiger partial charge in [0.1, 0.15) is 5.69 Å². The van der Waals surface area contributed by atoms with Crippen molar-refractivity contribution in [1.82, 2.24) is 25.0 Å². The van der Waals surface area contributed by atoms with Crippen LogP contribution in [-0.4, -0.2) is 51.8 Å². The van der Waals surface area contributed by atoms with Crippen LogP contribution in [-0.2, 0) is 0 Å². The number of halogens is 2. The molecule has 3 heterocycles. The molecule has 1 aliphatic heterocycles. The lowest BCUT2D eigenvalue weighted by Crippen LogP contribution is -2.34. The Balaban J connectivity index is 0.00000121. The molecule has 1 N–H and O–H groups in total. The molecule has 2 aromatic heterocycles. The number of nitrogens with one attached hydrogen (secondary N) is 1. The van der Waals surface area contributed by atoms with E-state index in [1.54, 1.807) is 23.1 Å². The lowest BCUT2D eigenvalue weighted by Gasteiger charge is -2.19. The van der Waals surface area contributed by atoms with Crippen LogP contribution in [0.5, 0.6) is 0 Å². The quantitative estimate of drug-likeness (QED) is 0.898. The van der Waals surface area contributed by atoms with Crippen molar-refractivity contribution in [1.29, 1.82) is 0 Å². The summed E-state index contributed by atoms with van der Waals surface area (Å²) in [4.78, 5) is 18.5. The number of hydrogen-bond donors (Lipinski definition) is 1. The van der Waals surface area contributed by atoms with E-state index in [1.165, 1.54) is 0 Å². The van der Waals surface area contributed by atoms with Gasteiger partial charge >= 0.3 is 0 Å². The predicted molar refractivity (Wildman–Crippen MR) is 89.2 cm³/mol. The van der Waals surface area contributed by atoms with Gasteiger partial charge in [-0.05, 0) is 31.2 Å². The molecule has 0 aliphatic carbocycles. The Kier molecular flexibility index (Phi) is 7.31. The van der Waals surface area contributed by atoms with Crippen molar-refractivity contribution >= 4 is 30.7 Å². The molecule has 120 valence electrons. The van der Waals surface area contributed by atoms with Crippen LogP contribution in [0.4, 0.5) is 0 Å². The van der Waals surface area contributed by atoms with Gasteiger partial charge in [0.15, 0.2) is 0 Å². The van der Waals surface area contributed by atoms with Gasteiger partial charge in [-0.2, -0.15) is 5.10 Å². The second-order valence-electron chi connectivity index (χ2n) is 4.75. The Morgan fingerprint density at radius 2 is 2.05 bits per heavy atom. The molecule has 0 atom stereocenters. The number of hydrogen-bond acceptors (Lipinski definition) is 4. The minimum Gasteiger partial charge on any atom is -0.336 e. The van der Waals surface area contributed by atoms with Crippen LogP contribution in [0, 0.1) is 0 Å². The average molecular weight is 344 g/mol. The van der Waals surface area contributed by atoms with Crippen molar-refractivity contribution in [2.24, 2.45) is 0 Å². The minimum atomic E-state index is -0.0114. The second-order valence-corrected chi connectivity index (χ2v) is 4.75. The molecule has 3 rings (SSSR count). The van der Waals surface area contributed by atoms with Gasteiger partial charge in [-0.15, -0.1) is 24.8 Å². The standard InChI is InChI=1S/C14H17N5O.2ClH/c20-14(18-8-1-4-15-7-10-18)13-11-12(3-6-16-13)19-9-2-5-17-19;;/h2-3,5-6,9,11,15H,1,4,7-8,10H2;2*1H. The normalized spacial score (nSPS) is 14.5. The Bertz CT molecular complexity index is 583. The Morgan fingerprint density at radius 1 is 1.18 bits per heavy atom. The number of carbonyl (C=O) groups excluding carboxylic acids is 1. The van der Waals surface area contributed by atoms with Crippen molar-refractivity contribution < 1.29 is 4.79 Å². The molecule has 6 nitrogen and oxygen atoms in total. The Morgan fingerprint density at radius 3 is 2.82 bits per heavy atom. The van der Waals surface area contributed by atoms with Crippen LogP contribution in [0.15, 0.2) is 36.8 Å². The van der Waals surface area contributed by atoms with E-state index in [4.69, 9.17) is 0 Å². The van der Waals surface area contributed by atoms with Crippen molar-refractivity contribution in [3.8, 4) is 5.69 Å². The molecule has 22 heavy (non-hydrogen) atoms. The maximum absolute atomic E-state index is 12.5. The third kappa shape index (κ3) is 4.19. The fourth-order valence-corrected chi connectivity index (χ4v) is 2.31. The monoisotopic (exact) mass is 343 g/mol. The molecule has 0 bridgehead atoms. The van der Waals surface area contributed by atoms with E-state index in [1.807, 2.05) is 23.2 Å². The lowest BCUT2D eigenvalue weighted by atomic mass is 10.2. The van der Waals surface area contributed by atoms with Crippen molar-refractivity contribution in [2.45, 2.75) is 6.42 Å². The highest BCUT2D eigenvalue weighted by Gasteiger charge is 2.18. The molecule has 2 aromatic rings. The number of pyridine rings is 1. The van der Waals surface area contributed by atoms with Gasteiger partial charge < -0.3 is 10.2 Å². The molecule has 1 amide bonds. The lowest BCUT2D eigenvalue weighted by molar-refractivity contribution is 0.0760. The molecule has 1 aliphatic rings. The van der Waals surface area contributed by atoms with Gasteiger partial charge in [-0.1, -0.05) is 0 Å². The van der Waals surface area contributed by atoms with Gasteiger partial charge in [0.2, 0.25) is 0 Å². The Hall–Kier alpha value is -1.63. The fraction of sp³-hybridized carbons (Fsp3) is 0.357. The summed E-state index contributed by atoms with van der Waals surface area (Å²) in [6.07, 6.45) is 6.19. The first kappa shape index (κ1) is 18.4. The number of carbonyl (C=O) groups is 1. The molecular weight excluding hydrogens is 325 g/mol. The van der Waals surface area contributed by atoms with Crippen LogP contribution in [0.25, 0.3) is 5.69 Å². The van der Waals surface area contributed by atoms with E-state index < -0.39 is 0 Å². The first-order valence-corrected chi connectivity index (χ1v) is 6.81. The summed E-state index contributed by atoms with van der Waals surface area (Å²) in [5.41, 5.74) is 1.32. The van der Waals surface area contributed by atoms with Crippen LogP contribution in [0.3, 0.4) is 0 Å². The molecule has 0 saturated carbocycles. The van der Waals surface area contributed by atoms with Gasteiger partial charge in [0.25, 0.3) is 5.91 Å². The summed E-state index contributed by atoms with van der Waals surface area (Å²) in [6.45, 7) is 3.31. The molecule has 1 fully saturated rings. The summed E-state index contributed by atoms with van der Waals surface area (Å²) < 4.78 is 1.72. The van der Waals surface area contributed by atoms with Crippen LogP contribution < -0.4 is 5.32 Å². The summed E-state index contributed by atoms with van der Waals surface area (Å²) in [5, 5.41) is 7.46. The van der Waals surface area contributed by atoms with Gasteiger partial charge in [-0.25, -0.2) is 4.68 Å². The third-order valence-corrected chi connectivity index (χ3v) is 3.36. The molecular formula is C14H19Cl2N5O. The van der Waals surface area contributed by atoms with Gasteiger partial charge in [0, 0.05) is 38.2 Å². The summed E-state index contributed by atoms with van der Waals surface area (Å²) in [6, 6.07) is 5.48. The zero-order chi connectivity index (χ0) is 13.8. The maximum Gasteiger partial charge on any atom is 0.272 e. The maximum atomic E-state index is 12.5. The number of nitrogens with zero attached hydrogens (tertiary/aromatic N) is 4. The van der Waals surface area contributed by atoms with E-state index in [0.29, 0.717) is 5.69 Å². The van der Waals surface area contributed by atoms with Crippen LogP contribution in [0.2, 0.25) is 0 Å². The van der Waals surface area contributed by atoms with E-state index in [0.717, 1.165) is 38.3 Å². The van der Waals surface area contributed by atoms with Gasteiger partial charge in [0.05, 0.1) is 5.69 Å². The van der Waals surface area contributed by atoms with Crippen molar-refractivity contribution in [2.75, 3.05) is 26.2 Å². The third-order valence-electron chi connectivity index (χ3n) is 3.36. The molecule has 1 saturated heterocycles. The summed E-state index contributed by atoms with van der Waals surface area (Å²) in [7, 11) is 0. The van der Waals surface area contributed by atoms with E-state index in [-0.39, 0.29) is 30.7 Å². The van der Waals surface area contributed by atoms with Crippen molar-refractivity contribution in [3.63, 3.8) is 0 Å². The fourth-order valence-electron chi connectivity index (χ4n) is 2.31. The van der Waals surface area contributed by atoms with Crippen LogP contribution >= 0.6 is 24.8 Å². The Labute approximate surface area is 141 Å². The first-order valence-electron chi connectivity index (χ1n) is 6.81. The SMILES string of the molecule is Cl.Cl.O=C(c1cc(-n2cccn2)ccn1)N1CCCNCC1. The van der Waals surface area contributed by atoms with E-state index >= 15 is 0 Å². The molecule has 0 spiro atoms. The summed E-state index contributed by atoms with van der Waals surface area (Å²) >= 11 is 0. The number of aromatic nitrogens is 3. The zero-order valence-corrected chi connectivity index (χ0v) is 13.6. The minimum absolute atomic E-state index is 0. The highest BCUT2D eigenvalue weighted by Crippen LogP contribution is 2.10. The first-order chi connectivity index (χ1) is 9.84. The highest BCUT2D eigenvalue weighted by atomic mass is 35.5. The molecule has 0 aromatic carbocycles. The van der Waals surface area contributed by atoms with E-state index in [9.17, 15) is 4.79 Å². The largest absolute Gasteiger partial charge is 0.336 e. The average Bonchev–Trinajstić information content (AvgIpc) is 2.89. The van der Waals surface area contributed by atoms with E-state index in [2.05, 4.69) is 15.4 Å². The van der Waals surface area contributed by atoms with Gasteiger partial charge in [-0.3, -0.25) is 9.78 Å². The molecule has 8 heteroatoms. The second kappa shape index (κ2) is 8.73. The molecule has 0 unspecified atom stereocenters. The summed E-state index contributed by atoms with van der Waals surface area (Å²) in [5.74, 6) is -0.0114. The number of rotatable bonds is 2. The predicted octanol–water partition coefficient (Wildman–Crippen LogP) is 1.55. The smallest absolute Gasteiger partial charge is 0.272 e. The van der Waals surface area contributed by atoms with Crippen molar-refractivity contribution in [3.05, 3.63) is 42.5 Å². The highest BCUT2D eigenvalue weighted by molar-refractivity contribution is 5.92. The number of amides is 1. The zero-order valence-electron chi connectivity index (χ0n) is 12.0.